The molecule has 0 bridgehead atoms. The number of pyridine rings is 1. The van der Waals surface area contributed by atoms with Crippen LogP contribution in [-0.4, -0.2) is 11.0 Å². The largest absolute Gasteiger partial charge is 0.396 e. The highest BCUT2D eigenvalue weighted by molar-refractivity contribution is 9.10. The van der Waals surface area contributed by atoms with Crippen LogP contribution in [0.15, 0.2) is 28.9 Å². The van der Waals surface area contributed by atoms with Crippen molar-refractivity contribution in [1.82, 2.24) is 4.98 Å². The van der Waals surface area contributed by atoms with E-state index in [0.29, 0.717) is 11.5 Å². The number of fused-ring (bicyclic) bond motifs is 1. The van der Waals surface area contributed by atoms with Gasteiger partial charge in [0.25, 0.3) is 0 Å². The van der Waals surface area contributed by atoms with E-state index < -0.39 is 0 Å². The van der Waals surface area contributed by atoms with E-state index in [2.05, 4.69) is 46.1 Å². The van der Waals surface area contributed by atoms with Crippen molar-refractivity contribution in [2.24, 2.45) is 5.41 Å². The van der Waals surface area contributed by atoms with E-state index in [9.17, 15) is 0 Å². The lowest BCUT2D eigenvalue weighted by molar-refractivity contribution is 0.350. The van der Waals surface area contributed by atoms with Crippen molar-refractivity contribution in [2.45, 2.75) is 39.2 Å². The summed E-state index contributed by atoms with van der Waals surface area (Å²) in [6, 6.07) is 6.58. The molecule has 4 heteroatoms. The highest BCUT2D eigenvalue weighted by Gasteiger charge is 2.34. The molecule has 1 atom stereocenters. The fraction of sp³-hybridized carbons (Fsp3) is 0.438. The summed E-state index contributed by atoms with van der Waals surface area (Å²) in [4.78, 5) is 4.41. The summed E-state index contributed by atoms with van der Waals surface area (Å²) in [5.41, 5.74) is 9.19. The predicted octanol–water partition coefficient (Wildman–Crippen LogP) is 4.57. The van der Waals surface area contributed by atoms with Crippen LogP contribution >= 0.6 is 15.9 Å². The van der Waals surface area contributed by atoms with Gasteiger partial charge in [-0.2, -0.15) is 0 Å². The van der Waals surface area contributed by atoms with E-state index in [1.54, 1.807) is 6.20 Å². The average Bonchev–Trinajstić information content (AvgIpc) is 2.72. The Labute approximate surface area is 128 Å². The minimum absolute atomic E-state index is 0.314. The van der Waals surface area contributed by atoms with Crippen LogP contribution in [0.4, 0.5) is 11.4 Å². The Hall–Kier alpha value is -1.29. The van der Waals surface area contributed by atoms with E-state index in [-0.39, 0.29) is 0 Å². The molecule has 1 aliphatic rings. The van der Waals surface area contributed by atoms with Gasteiger partial charge in [-0.25, -0.2) is 0 Å². The Bertz CT molecular complexity index is 646. The van der Waals surface area contributed by atoms with Crippen LogP contribution in [0, 0.1) is 5.41 Å². The molecule has 1 aliphatic carbocycles. The summed E-state index contributed by atoms with van der Waals surface area (Å²) in [7, 11) is 0. The summed E-state index contributed by atoms with van der Waals surface area (Å²) in [6.07, 6.45) is 5.49. The van der Waals surface area contributed by atoms with Gasteiger partial charge in [0.15, 0.2) is 0 Å². The van der Waals surface area contributed by atoms with Gasteiger partial charge in [0.1, 0.15) is 0 Å². The molecular formula is C16H20BrN3. The Morgan fingerprint density at radius 3 is 2.90 bits per heavy atom. The number of nitrogen functional groups attached to an aromatic ring is 1. The Morgan fingerprint density at radius 1 is 1.40 bits per heavy atom. The second-order valence-electron chi connectivity index (χ2n) is 6.33. The van der Waals surface area contributed by atoms with Crippen LogP contribution in [0.2, 0.25) is 0 Å². The molecule has 1 unspecified atom stereocenters. The minimum Gasteiger partial charge on any atom is -0.396 e. The molecule has 1 fully saturated rings. The molecule has 0 amide bonds. The van der Waals surface area contributed by atoms with Gasteiger partial charge < -0.3 is 11.1 Å². The van der Waals surface area contributed by atoms with Crippen molar-refractivity contribution in [3.05, 3.63) is 28.9 Å². The Morgan fingerprint density at radius 2 is 2.20 bits per heavy atom. The molecule has 3 rings (SSSR count). The maximum Gasteiger partial charge on any atom is 0.0743 e. The van der Waals surface area contributed by atoms with Gasteiger partial charge in [0.05, 0.1) is 23.1 Å². The van der Waals surface area contributed by atoms with Crippen molar-refractivity contribution in [2.75, 3.05) is 11.1 Å². The summed E-state index contributed by atoms with van der Waals surface area (Å²) in [5, 5.41) is 4.77. The molecule has 1 heterocycles. The topological polar surface area (TPSA) is 50.9 Å². The highest BCUT2D eigenvalue weighted by Crippen LogP contribution is 2.41. The van der Waals surface area contributed by atoms with E-state index in [1.807, 2.05) is 12.1 Å². The molecule has 106 valence electrons. The summed E-state index contributed by atoms with van der Waals surface area (Å²) in [6.45, 7) is 4.65. The number of hydrogen-bond acceptors (Lipinski definition) is 3. The summed E-state index contributed by atoms with van der Waals surface area (Å²) >= 11 is 3.53. The van der Waals surface area contributed by atoms with Gasteiger partial charge in [-0.15, -0.1) is 0 Å². The smallest absolute Gasteiger partial charge is 0.0743 e. The van der Waals surface area contributed by atoms with E-state index in [4.69, 9.17) is 5.73 Å². The number of rotatable bonds is 2. The molecule has 1 saturated carbocycles. The van der Waals surface area contributed by atoms with Gasteiger partial charge in [0, 0.05) is 15.9 Å². The fourth-order valence-corrected chi connectivity index (χ4v) is 3.47. The van der Waals surface area contributed by atoms with Crippen molar-refractivity contribution in [3.8, 4) is 0 Å². The zero-order chi connectivity index (χ0) is 14.3. The maximum absolute atomic E-state index is 6.16. The SMILES string of the molecule is CC1(C)CCCC1Nc1c(N)cnc2ccc(Br)cc12. The summed E-state index contributed by atoms with van der Waals surface area (Å²) in [5.74, 6) is 0. The lowest BCUT2D eigenvalue weighted by Gasteiger charge is -2.29. The maximum atomic E-state index is 6.16. The number of halogens is 1. The lowest BCUT2D eigenvalue weighted by Crippen LogP contribution is -2.31. The first-order valence-electron chi connectivity index (χ1n) is 7.08. The van der Waals surface area contributed by atoms with Crippen LogP contribution in [-0.2, 0) is 0 Å². The monoisotopic (exact) mass is 333 g/mol. The molecule has 20 heavy (non-hydrogen) atoms. The third-order valence-corrected chi connectivity index (χ3v) is 4.93. The molecule has 0 saturated heterocycles. The third kappa shape index (κ3) is 2.37. The van der Waals surface area contributed by atoms with Crippen LogP contribution in [0.1, 0.15) is 33.1 Å². The Balaban J connectivity index is 2.06. The lowest BCUT2D eigenvalue weighted by atomic mass is 9.87. The predicted molar refractivity (Wildman–Crippen MR) is 88.9 cm³/mol. The van der Waals surface area contributed by atoms with Gasteiger partial charge >= 0.3 is 0 Å². The summed E-state index contributed by atoms with van der Waals surface area (Å²) < 4.78 is 1.05. The molecular weight excluding hydrogens is 314 g/mol. The van der Waals surface area contributed by atoms with Crippen molar-refractivity contribution >= 4 is 38.2 Å². The zero-order valence-electron chi connectivity index (χ0n) is 11.9. The molecule has 3 nitrogen and oxygen atoms in total. The number of nitrogens with zero attached hydrogens (tertiary/aromatic N) is 1. The van der Waals surface area contributed by atoms with Crippen molar-refractivity contribution in [1.29, 1.82) is 0 Å². The molecule has 3 N–H and O–H groups in total. The van der Waals surface area contributed by atoms with Crippen molar-refractivity contribution in [3.63, 3.8) is 0 Å². The molecule has 1 aromatic heterocycles. The second kappa shape index (κ2) is 4.92. The number of aromatic nitrogens is 1. The van der Waals surface area contributed by atoms with Crippen LogP contribution in [0.3, 0.4) is 0 Å². The zero-order valence-corrected chi connectivity index (χ0v) is 13.5. The van der Waals surface area contributed by atoms with Gasteiger partial charge in [0.2, 0.25) is 0 Å². The van der Waals surface area contributed by atoms with Gasteiger partial charge in [-0.05, 0) is 36.5 Å². The molecule has 0 radical (unpaired) electrons. The van der Waals surface area contributed by atoms with Crippen LogP contribution in [0.5, 0.6) is 0 Å². The molecule has 0 spiro atoms. The quantitative estimate of drug-likeness (QED) is 0.846. The standard InChI is InChI=1S/C16H20BrN3/c1-16(2)7-3-4-14(16)20-15-11-8-10(17)5-6-13(11)19-9-12(15)18/h5-6,8-9,14H,3-4,7,18H2,1-2H3,(H,19,20). The minimum atomic E-state index is 0.314. The average molecular weight is 334 g/mol. The molecule has 1 aromatic carbocycles. The second-order valence-corrected chi connectivity index (χ2v) is 7.24. The first-order valence-corrected chi connectivity index (χ1v) is 7.87. The van der Waals surface area contributed by atoms with Crippen LogP contribution in [0.25, 0.3) is 10.9 Å². The van der Waals surface area contributed by atoms with E-state index >= 15 is 0 Å². The number of nitrogens with one attached hydrogen (secondary N) is 1. The van der Waals surface area contributed by atoms with Gasteiger partial charge in [-0.1, -0.05) is 36.2 Å². The first kappa shape index (κ1) is 13.7. The number of nitrogens with two attached hydrogens (primary N) is 1. The van der Waals surface area contributed by atoms with Gasteiger partial charge in [-0.3, -0.25) is 4.98 Å². The van der Waals surface area contributed by atoms with Crippen molar-refractivity contribution < 1.29 is 0 Å². The Kier molecular flexibility index (Phi) is 3.36. The molecule has 2 aromatic rings. The number of anilines is 2. The highest BCUT2D eigenvalue weighted by atomic mass is 79.9. The number of hydrogen-bond donors (Lipinski definition) is 2. The number of benzene rings is 1. The first-order chi connectivity index (χ1) is 9.47. The van der Waals surface area contributed by atoms with Crippen LogP contribution < -0.4 is 11.1 Å². The van der Waals surface area contributed by atoms with E-state index in [0.717, 1.165) is 26.8 Å². The van der Waals surface area contributed by atoms with E-state index in [1.165, 1.54) is 19.3 Å². The normalized spacial score (nSPS) is 21.2. The fourth-order valence-electron chi connectivity index (χ4n) is 3.11. The molecule has 0 aliphatic heterocycles. The third-order valence-electron chi connectivity index (χ3n) is 4.44.